The normalized spacial score (nSPS) is 30.6. The van der Waals surface area contributed by atoms with Gasteiger partial charge in [-0.05, 0) is 109 Å². The monoisotopic (exact) mass is 694 g/mol. The molecular weight excluding hydrogens is 636 g/mol. The van der Waals surface area contributed by atoms with Gasteiger partial charge in [0.25, 0.3) is 0 Å². The highest BCUT2D eigenvalue weighted by Gasteiger charge is 2.59. The second-order valence-electron chi connectivity index (χ2n) is 17.3. The molecular formula is C45H58O6. The number of fused-ring (bicyclic) bond motifs is 6. The maximum absolute atomic E-state index is 13.3. The van der Waals surface area contributed by atoms with Crippen LogP contribution in [0.5, 0.6) is 11.5 Å². The molecule has 7 rings (SSSR count). The number of carbonyl (C=O) groups excluding carboxylic acids is 1. The smallest absolute Gasteiger partial charge is 0.344 e. The van der Waals surface area contributed by atoms with Crippen LogP contribution in [0.2, 0.25) is 0 Å². The fourth-order valence-electron chi connectivity index (χ4n) is 11.4. The number of para-hydroxylation sites is 1. The molecule has 1 heterocycles. The number of ether oxygens (including phenoxy) is 3. The van der Waals surface area contributed by atoms with Gasteiger partial charge in [0, 0.05) is 18.1 Å². The van der Waals surface area contributed by atoms with Crippen molar-refractivity contribution in [2.75, 3.05) is 13.7 Å². The van der Waals surface area contributed by atoms with E-state index in [-0.39, 0.29) is 29.5 Å². The van der Waals surface area contributed by atoms with Crippen molar-refractivity contribution < 1.29 is 23.4 Å². The Morgan fingerprint density at radius 3 is 2.59 bits per heavy atom. The average Bonchev–Trinajstić information content (AvgIpc) is 3.48. The number of benzene rings is 2. The van der Waals surface area contributed by atoms with Crippen LogP contribution in [-0.4, -0.2) is 25.8 Å². The first-order valence-corrected chi connectivity index (χ1v) is 19.7. The highest BCUT2D eigenvalue weighted by Crippen LogP contribution is 2.67. The Hall–Kier alpha value is -3.54. The van der Waals surface area contributed by atoms with E-state index < -0.39 is 0 Å². The summed E-state index contributed by atoms with van der Waals surface area (Å²) in [4.78, 5) is 26.3. The number of esters is 1. The van der Waals surface area contributed by atoms with Gasteiger partial charge >= 0.3 is 5.97 Å². The third kappa shape index (κ3) is 6.77. The Kier molecular flexibility index (Phi) is 10.2. The predicted octanol–water partition coefficient (Wildman–Crippen LogP) is 10.8. The van der Waals surface area contributed by atoms with Crippen LogP contribution in [0, 0.1) is 46.3 Å². The Bertz CT molecular complexity index is 1820. The summed E-state index contributed by atoms with van der Waals surface area (Å²) < 4.78 is 23.2. The van der Waals surface area contributed by atoms with Crippen LogP contribution < -0.4 is 14.9 Å². The molecule has 4 aliphatic rings. The van der Waals surface area contributed by atoms with Crippen molar-refractivity contribution in [1.82, 2.24) is 0 Å². The zero-order valence-electron chi connectivity index (χ0n) is 31.7. The van der Waals surface area contributed by atoms with Crippen LogP contribution in [0.3, 0.4) is 0 Å². The molecule has 3 fully saturated rings. The minimum Gasteiger partial charge on any atom is -0.496 e. The van der Waals surface area contributed by atoms with Gasteiger partial charge in [0.15, 0.2) is 6.61 Å². The van der Waals surface area contributed by atoms with E-state index in [1.54, 1.807) is 25.3 Å². The molecule has 3 saturated carbocycles. The van der Waals surface area contributed by atoms with Crippen molar-refractivity contribution in [2.24, 2.45) is 46.3 Å². The first-order chi connectivity index (χ1) is 24.5. The summed E-state index contributed by atoms with van der Waals surface area (Å²) in [6.45, 7) is 12.3. The summed E-state index contributed by atoms with van der Waals surface area (Å²) in [6.07, 6.45) is 17.6. The molecule has 6 heteroatoms. The summed E-state index contributed by atoms with van der Waals surface area (Å²) in [6, 6.07) is 12.4. The van der Waals surface area contributed by atoms with Crippen molar-refractivity contribution >= 4 is 16.9 Å². The average molecular weight is 695 g/mol. The Morgan fingerprint density at radius 2 is 1.78 bits per heavy atom. The van der Waals surface area contributed by atoms with Gasteiger partial charge < -0.3 is 18.6 Å². The van der Waals surface area contributed by atoms with E-state index in [1.807, 2.05) is 24.3 Å². The maximum Gasteiger partial charge on any atom is 0.344 e. The second kappa shape index (κ2) is 14.5. The molecule has 0 N–H and O–H groups in total. The van der Waals surface area contributed by atoms with Crippen LogP contribution in [0.4, 0.5) is 0 Å². The third-order valence-corrected chi connectivity index (χ3v) is 14.1. The summed E-state index contributed by atoms with van der Waals surface area (Å²) in [5, 5.41) is 0.434. The lowest BCUT2D eigenvalue weighted by Gasteiger charge is -2.58. The summed E-state index contributed by atoms with van der Waals surface area (Å²) in [5.41, 5.74) is 3.56. The zero-order chi connectivity index (χ0) is 35.9. The second-order valence-corrected chi connectivity index (χ2v) is 17.3. The van der Waals surface area contributed by atoms with Gasteiger partial charge in [0.2, 0.25) is 5.43 Å². The molecule has 0 radical (unpaired) electrons. The van der Waals surface area contributed by atoms with Crippen molar-refractivity contribution in [1.29, 1.82) is 0 Å². The molecule has 0 spiro atoms. The van der Waals surface area contributed by atoms with Crippen LogP contribution in [0.15, 0.2) is 69.6 Å². The van der Waals surface area contributed by atoms with E-state index in [9.17, 15) is 9.59 Å². The van der Waals surface area contributed by atoms with Crippen molar-refractivity contribution in [2.45, 2.75) is 111 Å². The van der Waals surface area contributed by atoms with Gasteiger partial charge in [-0.15, -0.1) is 0 Å². The number of allylic oxidation sites excluding steroid dienone is 1. The zero-order valence-corrected chi connectivity index (χ0v) is 31.7. The van der Waals surface area contributed by atoms with Gasteiger partial charge in [0.05, 0.1) is 18.1 Å². The number of hydrogen-bond donors (Lipinski definition) is 0. The first-order valence-electron chi connectivity index (χ1n) is 19.7. The Labute approximate surface area is 304 Å². The summed E-state index contributed by atoms with van der Waals surface area (Å²) in [5.74, 6) is 5.57. The molecule has 0 saturated heterocycles. The number of hydrogen-bond acceptors (Lipinski definition) is 6. The molecule has 1 aromatic heterocycles. The summed E-state index contributed by atoms with van der Waals surface area (Å²) in [7, 11) is 1.58. The van der Waals surface area contributed by atoms with Crippen molar-refractivity contribution in [3.8, 4) is 22.6 Å². The molecule has 4 aliphatic carbocycles. The molecule has 0 unspecified atom stereocenters. The minimum absolute atomic E-state index is 0.114. The molecule has 0 aliphatic heterocycles. The quantitative estimate of drug-likeness (QED) is 0.147. The van der Waals surface area contributed by atoms with Crippen LogP contribution in [0.1, 0.15) is 105 Å². The van der Waals surface area contributed by atoms with Crippen LogP contribution in [-0.2, 0) is 9.53 Å². The van der Waals surface area contributed by atoms with E-state index in [0.717, 1.165) is 54.8 Å². The number of rotatable bonds is 11. The molecule has 274 valence electrons. The molecule has 2 aromatic carbocycles. The Balaban J connectivity index is 0.950. The van der Waals surface area contributed by atoms with E-state index in [2.05, 4.69) is 40.7 Å². The topological polar surface area (TPSA) is 75.0 Å². The van der Waals surface area contributed by atoms with Gasteiger partial charge in [0.1, 0.15) is 29.4 Å². The SMILES string of the molecule is COc1ccccc1-c1coc2cc(OCC(=O)O[C@@H]3CC[C@@]4(C)C(=CC[C@H]5[C@@H]6CC[C@H]([C@@H](C)CCCC(C)C)[C@@]6(C)CC[C@@H]54)C3)ccc2c1=O. The minimum atomic E-state index is -0.362. The molecule has 0 bridgehead atoms. The largest absolute Gasteiger partial charge is 0.496 e. The molecule has 8 atom stereocenters. The molecule has 51 heavy (non-hydrogen) atoms. The molecule has 6 nitrogen and oxygen atoms in total. The highest BCUT2D eigenvalue weighted by atomic mass is 16.6. The number of methoxy groups -OCH3 is 1. The molecule has 0 amide bonds. The summed E-state index contributed by atoms with van der Waals surface area (Å²) >= 11 is 0. The lowest BCUT2D eigenvalue weighted by atomic mass is 9.47. The number of carbonyl (C=O) groups is 1. The van der Waals surface area contributed by atoms with Crippen molar-refractivity contribution in [3.05, 3.63) is 70.6 Å². The van der Waals surface area contributed by atoms with E-state index in [0.29, 0.717) is 39.0 Å². The van der Waals surface area contributed by atoms with E-state index in [1.165, 1.54) is 63.2 Å². The van der Waals surface area contributed by atoms with Crippen LogP contribution >= 0.6 is 0 Å². The predicted molar refractivity (Wildman–Crippen MR) is 203 cm³/mol. The first kappa shape index (κ1) is 35.8. The Morgan fingerprint density at radius 1 is 0.961 bits per heavy atom. The van der Waals surface area contributed by atoms with Crippen LogP contribution in [0.25, 0.3) is 22.1 Å². The van der Waals surface area contributed by atoms with E-state index in [4.69, 9.17) is 18.6 Å². The van der Waals surface area contributed by atoms with Gasteiger partial charge in [-0.25, -0.2) is 4.79 Å². The van der Waals surface area contributed by atoms with Gasteiger partial charge in [-0.2, -0.15) is 0 Å². The third-order valence-electron chi connectivity index (χ3n) is 14.1. The highest BCUT2D eigenvalue weighted by molar-refractivity contribution is 5.84. The fraction of sp³-hybridized carbons (Fsp3) is 0.600. The lowest BCUT2D eigenvalue weighted by molar-refractivity contribution is -0.153. The van der Waals surface area contributed by atoms with Crippen molar-refractivity contribution in [3.63, 3.8) is 0 Å². The van der Waals surface area contributed by atoms with Gasteiger partial charge in [-0.3, -0.25) is 4.79 Å². The fourth-order valence-corrected chi connectivity index (χ4v) is 11.4. The lowest BCUT2D eigenvalue weighted by Crippen LogP contribution is -2.51. The van der Waals surface area contributed by atoms with E-state index >= 15 is 0 Å². The maximum atomic E-state index is 13.3. The van der Waals surface area contributed by atoms with Gasteiger partial charge in [-0.1, -0.05) is 83.7 Å². The standard InChI is InChI=1S/C45H58O6/c1-28(2)10-9-11-29(3)37-18-19-38-34-16-14-30-24-32(20-22-44(30,4)39(34)21-23-45(37,38)5)51-42(46)27-49-31-15-17-35-41(25-31)50-26-36(43(35)47)33-12-7-8-13-40(33)48-6/h7-8,12-15,17,25-26,28-29,32,34,37-39H,9-11,16,18-24,27H2,1-6H3/t29-,32+,34-,37+,38-,39-,44-,45+/m0/s1. The molecule has 3 aromatic rings.